The van der Waals surface area contributed by atoms with Gasteiger partial charge in [-0.15, -0.1) is 0 Å². The second-order valence-corrected chi connectivity index (χ2v) is 13.5. The molecule has 4 aliphatic rings. The number of carbonyl (C=O) groups excluding carboxylic acids is 6. The molecule has 4 saturated heterocycles. The average molecular weight is 705 g/mol. The number of imidazole rings is 2. The predicted octanol–water partition coefficient (Wildman–Crippen LogP) is 2.66. The molecule has 6 heterocycles. The van der Waals surface area contributed by atoms with E-state index in [-0.39, 0.29) is 36.7 Å². The van der Waals surface area contributed by atoms with Gasteiger partial charge in [-0.2, -0.15) is 0 Å². The molecule has 0 radical (unpaired) electrons. The molecule has 6 N–H and O–H groups in total. The summed E-state index contributed by atoms with van der Waals surface area (Å²) in [6, 6.07) is 12.5. The third-order valence-electron chi connectivity index (χ3n) is 10.1. The lowest BCUT2D eigenvalue weighted by Gasteiger charge is -2.30. The van der Waals surface area contributed by atoms with E-state index in [9.17, 15) is 28.8 Å². The maximum atomic E-state index is 13.2. The number of likely N-dealkylation sites (tertiary alicyclic amines) is 2. The highest BCUT2D eigenvalue weighted by molar-refractivity contribution is 6.03. The Hall–Kier alpha value is -6.32. The number of urea groups is 2. The van der Waals surface area contributed by atoms with E-state index in [4.69, 9.17) is 0 Å². The van der Waals surface area contributed by atoms with E-state index >= 15 is 0 Å². The van der Waals surface area contributed by atoms with E-state index in [2.05, 4.69) is 41.2 Å². The van der Waals surface area contributed by atoms with Gasteiger partial charge in [0.2, 0.25) is 23.6 Å². The summed E-state index contributed by atoms with van der Waals surface area (Å²) in [6.45, 7) is 1.04. The van der Waals surface area contributed by atoms with Gasteiger partial charge in [0.15, 0.2) is 0 Å². The number of hydrogen-bond donors (Lipinski definition) is 6. The van der Waals surface area contributed by atoms with Crippen molar-refractivity contribution in [1.82, 2.24) is 51.0 Å². The van der Waals surface area contributed by atoms with E-state index in [0.29, 0.717) is 24.7 Å². The summed E-state index contributed by atoms with van der Waals surface area (Å²) in [7, 11) is 0. The van der Waals surface area contributed by atoms with E-state index in [1.807, 2.05) is 48.5 Å². The fraction of sp³-hybridized carbons (Fsp3) is 0.333. The molecule has 8 rings (SSSR count). The van der Waals surface area contributed by atoms with Crippen LogP contribution in [0.5, 0.6) is 0 Å². The van der Waals surface area contributed by atoms with E-state index in [1.165, 1.54) is 0 Å². The van der Waals surface area contributed by atoms with Crippen LogP contribution in [-0.2, 0) is 19.2 Å². The molecule has 4 aliphatic heterocycles. The van der Waals surface area contributed by atoms with Crippen LogP contribution in [0.1, 0.15) is 62.3 Å². The maximum Gasteiger partial charge on any atom is 0.322 e. The first kappa shape index (κ1) is 32.9. The Morgan fingerprint density at radius 3 is 1.35 bits per heavy atom. The Bertz CT molecular complexity index is 1890. The van der Waals surface area contributed by atoms with Crippen molar-refractivity contribution in [3.05, 3.63) is 72.6 Å². The van der Waals surface area contributed by atoms with Gasteiger partial charge in [-0.25, -0.2) is 19.6 Å². The summed E-state index contributed by atoms with van der Waals surface area (Å²) in [5.74, 6) is -0.200. The summed E-state index contributed by atoms with van der Waals surface area (Å²) in [4.78, 5) is 93.0. The lowest BCUT2D eigenvalue weighted by atomic mass is 10.0. The van der Waals surface area contributed by atoms with Gasteiger partial charge in [0.1, 0.15) is 23.7 Å². The fourth-order valence-electron chi connectivity index (χ4n) is 7.53. The molecule has 2 aromatic carbocycles. The predicted molar refractivity (Wildman–Crippen MR) is 185 cm³/mol. The van der Waals surface area contributed by atoms with Gasteiger partial charge in [-0.3, -0.25) is 29.8 Å². The molecule has 16 heteroatoms. The van der Waals surface area contributed by atoms with Gasteiger partial charge >= 0.3 is 12.1 Å². The number of hydrogen-bond acceptors (Lipinski definition) is 8. The van der Waals surface area contributed by atoms with Crippen LogP contribution >= 0.6 is 0 Å². The number of aromatic nitrogens is 4. The van der Waals surface area contributed by atoms with Crippen LogP contribution in [0.3, 0.4) is 0 Å². The average Bonchev–Trinajstić information content (AvgIpc) is 3.97. The van der Waals surface area contributed by atoms with Crippen molar-refractivity contribution in [2.75, 3.05) is 13.1 Å². The van der Waals surface area contributed by atoms with Gasteiger partial charge in [0.05, 0.1) is 48.7 Å². The summed E-state index contributed by atoms with van der Waals surface area (Å²) < 4.78 is 0. The summed E-state index contributed by atoms with van der Waals surface area (Å²) >= 11 is 0. The van der Waals surface area contributed by atoms with Crippen LogP contribution in [0, 0.1) is 0 Å². The van der Waals surface area contributed by atoms with Crippen LogP contribution in [0.15, 0.2) is 60.9 Å². The lowest BCUT2D eigenvalue weighted by Crippen LogP contribution is -2.58. The Balaban J connectivity index is 0.914. The van der Waals surface area contributed by atoms with Crippen molar-refractivity contribution in [3.8, 4) is 33.6 Å². The largest absolute Gasteiger partial charge is 0.340 e. The Kier molecular flexibility index (Phi) is 8.48. The van der Waals surface area contributed by atoms with Crippen LogP contribution in [-0.4, -0.2) is 90.6 Å². The molecule has 266 valence electrons. The van der Waals surface area contributed by atoms with Crippen LogP contribution in [0.4, 0.5) is 9.59 Å². The zero-order chi connectivity index (χ0) is 35.9. The molecule has 8 amide bonds. The topological polar surface area (TPSA) is 214 Å². The SMILES string of the molecule is O=C1C[C@@H](C(=O)N2CCC[C@H]2c2ncc(-c3ccc(-c4ccc(-c5cnc([C@@H]6CCCN6C(=O)[C@@H]6CC(=O)NC(=O)N6)[nH]5)cc4)cc3)[nH]2)NC(=O)N1. The maximum absolute atomic E-state index is 13.2. The summed E-state index contributed by atoms with van der Waals surface area (Å²) in [5.41, 5.74) is 5.54. The fourth-order valence-corrected chi connectivity index (χ4v) is 7.53. The van der Waals surface area contributed by atoms with Gasteiger partial charge in [0, 0.05) is 13.1 Å². The van der Waals surface area contributed by atoms with Crippen molar-refractivity contribution in [1.29, 1.82) is 0 Å². The van der Waals surface area contributed by atoms with E-state index in [1.54, 1.807) is 22.2 Å². The number of amides is 8. The number of benzene rings is 2. The zero-order valence-electron chi connectivity index (χ0n) is 28.0. The van der Waals surface area contributed by atoms with Crippen molar-refractivity contribution in [2.45, 2.75) is 62.7 Å². The molecule has 0 spiro atoms. The van der Waals surface area contributed by atoms with Crippen LogP contribution in [0.2, 0.25) is 0 Å². The molecule has 2 aromatic heterocycles. The first-order valence-corrected chi connectivity index (χ1v) is 17.3. The first-order valence-electron chi connectivity index (χ1n) is 17.3. The number of H-pyrrole nitrogens is 2. The van der Waals surface area contributed by atoms with E-state index < -0.39 is 36.0 Å². The first-order chi connectivity index (χ1) is 25.2. The number of carbonyl (C=O) groups is 6. The van der Waals surface area contributed by atoms with Gasteiger partial charge in [0.25, 0.3) is 0 Å². The molecule has 0 bridgehead atoms. The van der Waals surface area contributed by atoms with Crippen molar-refractivity contribution in [2.24, 2.45) is 0 Å². The van der Waals surface area contributed by atoms with Crippen LogP contribution in [0.25, 0.3) is 33.6 Å². The Labute approximate surface area is 297 Å². The molecule has 0 saturated carbocycles. The molecular weight excluding hydrogens is 668 g/mol. The molecule has 52 heavy (non-hydrogen) atoms. The van der Waals surface area contributed by atoms with Gasteiger partial charge in [-0.05, 0) is 47.9 Å². The minimum atomic E-state index is -0.888. The van der Waals surface area contributed by atoms with Gasteiger partial charge < -0.3 is 30.4 Å². The highest BCUT2D eigenvalue weighted by Crippen LogP contribution is 2.35. The third kappa shape index (κ3) is 6.38. The van der Waals surface area contributed by atoms with Crippen LogP contribution < -0.4 is 21.3 Å². The molecule has 4 fully saturated rings. The minimum absolute atomic E-state index is 0.0903. The monoisotopic (exact) mass is 704 g/mol. The Morgan fingerprint density at radius 1 is 0.577 bits per heavy atom. The smallest absolute Gasteiger partial charge is 0.322 e. The quantitative estimate of drug-likeness (QED) is 0.168. The molecule has 4 atom stereocenters. The van der Waals surface area contributed by atoms with Gasteiger partial charge in [-0.1, -0.05) is 48.5 Å². The number of nitrogens with zero attached hydrogens (tertiary/aromatic N) is 4. The lowest BCUT2D eigenvalue weighted by molar-refractivity contribution is -0.137. The Morgan fingerprint density at radius 2 is 0.962 bits per heavy atom. The second-order valence-electron chi connectivity index (χ2n) is 13.5. The molecule has 4 aromatic rings. The highest BCUT2D eigenvalue weighted by Gasteiger charge is 2.40. The molecule has 0 aliphatic carbocycles. The van der Waals surface area contributed by atoms with Crippen molar-refractivity contribution >= 4 is 35.7 Å². The second kappa shape index (κ2) is 13.4. The zero-order valence-corrected chi connectivity index (χ0v) is 28.0. The number of nitrogens with one attached hydrogen (secondary N) is 6. The molecule has 0 unspecified atom stereocenters. The van der Waals surface area contributed by atoms with E-state index in [0.717, 1.165) is 59.3 Å². The third-order valence-corrected chi connectivity index (χ3v) is 10.1. The number of rotatable bonds is 7. The normalized spacial score (nSPS) is 23.2. The number of imide groups is 2. The minimum Gasteiger partial charge on any atom is -0.340 e. The number of aromatic amines is 2. The highest BCUT2D eigenvalue weighted by atomic mass is 16.2. The standard InChI is InChI=1S/C36H36N10O6/c47-29-15-23(41-35(51)43-29)33(49)45-13-1-3-27(45)31-37-17-25(39-31)21-9-5-19(6-10-21)20-7-11-22(12-8-20)26-18-38-32(40-26)28-4-2-14-46(28)34(50)24-16-30(48)44-36(52)42-24/h5-12,17-18,23-24,27-28H,1-4,13-16H2,(H,37,39)(H,38,40)(H2,41,43,47,51)(H2,42,44,48,52)/t23-,24-,27-,28-/m0/s1. The molecule has 16 nitrogen and oxygen atoms in total. The van der Waals surface area contributed by atoms with Crippen molar-refractivity contribution in [3.63, 3.8) is 0 Å². The summed E-state index contributed by atoms with van der Waals surface area (Å²) in [6.07, 6.45) is 6.35. The van der Waals surface area contributed by atoms with Crippen molar-refractivity contribution < 1.29 is 28.8 Å². The molecular formula is C36H36N10O6. The summed E-state index contributed by atoms with van der Waals surface area (Å²) in [5, 5.41) is 9.43.